The Labute approximate surface area is 229 Å². The van der Waals surface area contributed by atoms with Crippen LogP contribution < -0.4 is 9.47 Å². The van der Waals surface area contributed by atoms with Crippen molar-refractivity contribution in [3.05, 3.63) is 57.6 Å². The molecule has 6 nitrogen and oxygen atoms in total. The van der Waals surface area contributed by atoms with E-state index in [1.54, 1.807) is 19.1 Å². The van der Waals surface area contributed by atoms with E-state index in [0.29, 0.717) is 21.5 Å². The summed E-state index contributed by atoms with van der Waals surface area (Å²) in [5, 5.41) is 0.855. The lowest BCUT2D eigenvalue weighted by Gasteiger charge is -2.27. The van der Waals surface area contributed by atoms with E-state index in [4.69, 9.17) is 49.0 Å². The number of halogens is 3. The van der Waals surface area contributed by atoms with Crippen molar-refractivity contribution in [2.75, 3.05) is 30.6 Å². The fraction of sp³-hybridized carbons (Fsp3) is 0.500. The maximum absolute atomic E-state index is 11.8. The zero-order valence-corrected chi connectivity index (χ0v) is 24.2. The monoisotopic (exact) mass is 578 g/mol. The van der Waals surface area contributed by atoms with Gasteiger partial charge in [0.25, 0.3) is 0 Å². The SMILES string of the molecule is CCS(=O)(=O)C[C@H](C)COc1ccc(C(C)(C)c2ccc(OC[C@@H](CCl)OC(C)=O)c(Cl)c2)cc1Cl. The molecule has 36 heavy (non-hydrogen) atoms. The van der Waals surface area contributed by atoms with Crippen molar-refractivity contribution in [1.29, 1.82) is 0 Å². The van der Waals surface area contributed by atoms with Crippen LogP contribution in [-0.2, 0) is 24.8 Å². The third kappa shape index (κ3) is 8.72. The van der Waals surface area contributed by atoms with Crippen LogP contribution in [0.2, 0.25) is 10.0 Å². The molecule has 0 bridgehead atoms. The molecule has 0 amide bonds. The molecular weight excluding hydrogens is 547 g/mol. The molecule has 0 radical (unpaired) electrons. The lowest BCUT2D eigenvalue weighted by molar-refractivity contribution is -0.146. The van der Waals surface area contributed by atoms with Crippen LogP contribution in [0.15, 0.2) is 36.4 Å². The zero-order valence-electron chi connectivity index (χ0n) is 21.1. The lowest BCUT2D eigenvalue weighted by Crippen LogP contribution is -2.25. The predicted molar refractivity (Wildman–Crippen MR) is 146 cm³/mol. The summed E-state index contributed by atoms with van der Waals surface area (Å²) in [6.07, 6.45) is -0.571. The summed E-state index contributed by atoms with van der Waals surface area (Å²) in [5.41, 5.74) is 1.45. The van der Waals surface area contributed by atoms with Crippen LogP contribution in [0.25, 0.3) is 0 Å². The average Bonchev–Trinajstić information content (AvgIpc) is 2.80. The lowest BCUT2D eigenvalue weighted by atomic mass is 9.78. The molecule has 200 valence electrons. The first-order valence-corrected chi connectivity index (χ1v) is 14.7. The molecule has 2 aromatic carbocycles. The van der Waals surface area contributed by atoms with Gasteiger partial charge >= 0.3 is 5.97 Å². The Kier molecular flexibility index (Phi) is 11.2. The molecule has 0 N–H and O–H groups in total. The van der Waals surface area contributed by atoms with E-state index in [1.165, 1.54) is 6.92 Å². The second kappa shape index (κ2) is 13.2. The van der Waals surface area contributed by atoms with E-state index in [1.807, 2.05) is 45.0 Å². The van der Waals surface area contributed by atoms with Gasteiger partial charge < -0.3 is 14.2 Å². The van der Waals surface area contributed by atoms with Crippen LogP contribution in [0.4, 0.5) is 0 Å². The first-order valence-electron chi connectivity index (χ1n) is 11.6. The molecule has 0 aliphatic heterocycles. The van der Waals surface area contributed by atoms with Crippen LogP contribution in [-0.4, -0.2) is 51.1 Å². The Balaban J connectivity index is 2.11. The van der Waals surface area contributed by atoms with Gasteiger partial charge in [-0.1, -0.05) is 63.0 Å². The normalized spacial score (nSPS) is 13.7. The standard InChI is InChI=1S/C26H33Cl3O6S/c1-6-36(31,32)16-17(2)14-33-24-9-7-19(11-22(24)28)26(4,5)20-8-10-25(23(29)12-20)34-15-21(13-27)35-18(3)30/h7-12,17,21H,6,13-16H2,1-5H3/t17-,21-/m1/s1. The molecule has 0 saturated heterocycles. The van der Waals surface area contributed by atoms with Gasteiger partial charge in [0, 0.05) is 24.0 Å². The molecular formula is C26H33Cl3O6S. The highest BCUT2D eigenvalue weighted by Crippen LogP contribution is 2.38. The van der Waals surface area contributed by atoms with Crippen molar-refractivity contribution in [2.45, 2.75) is 46.1 Å². The summed E-state index contributed by atoms with van der Waals surface area (Å²) in [7, 11) is -3.07. The van der Waals surface area contributed by atoms with E-state index in [0.717, 1.165) is 11.1 Å². The third-order valence-corrected chi connectivity index (χ3v) is 8.63. The number of esters is 1. The van der Waals surface area contributed by atoms with Gasteiger partial charge in [0.05, 0.1) is 28.3 Å². The number of sulfone groups is 1. The van der Waals surface area contributed by atoms with Crippen LogP contribution in [0.5, 0.6) is 11.5 Å². The molecule has 2 atom stereocenters. The molecule has 0 aliphatic rings. The molecule has 0 heterocycles. The first kappa shape index (κ1) is 30.6. The zero-order chi connectivity index (χ0) is 27.1. The van der Waals surface area contributed by atoms with Gasteiger partial charge in [0.15, 0.2) is 0 Å². The van der Waals surface area contributed by atoms with Crippen molar-refractivity contribution in [2.24, 2.45) is 5.92 Å². The van der Waals surface area contributed by atoms with Crippen molar-refractivity contribution in [3.8, 4) is 11.5 Å². The van der Waals surface area contributed by atoms with Gasteiger partial charge in [0.2, 0.25) is 0 Å². The average molecular weight is 580 g/mol. The minimum atomic E-state index is -3.07. The van der Waals surface area contributed by atoms with Crippen LogP contribution in [0.1, 0.15) is 45.7 Å². The maximum Gasteiger partial charge on any atom is 0.303 e. The van der Waals surface area contributed by atoms with Crippen LogP contribution in [0, 0.1) is 5.92 Å². The van der Waals surface area contributed by atoms with Gasteiger partial charge in [-0.2, -0.15) is 0 Å². The fourth-order valence-electron chi connectivity index (χ4n) is 3.54. The number of benzene rings is 2. The van der Waals surface area contributed by atoms with Crippen molar-refractivity contribution < 1.29 is 27.4 Å². The minimum absolute atomic E-state index is 0.0724. The number of carbonyl (C=O) groups excluding carboxylic acids is 1. The smallest absolute Gasteiger partial charge is 0.303 e. The summed E-state index contributed by atoms with van der Waals surface area (Å²) in [6.45, 7) is 9.22. The number of alkyl halides is 1. The third-order valence-electron chi connectivity index (χ3n) is 5.74. The molecule has 0 fully saturated rings. The molecule has 0 aromatic heterocycles. The van der Waals surface area contributed by atoms with Gasteiger partial charge in [-0.15, -0.1) is 11.6 Å². The van der Waals surface area contributed by atoms with Crippen molar-refractivity contribution in [1.82, 2.24) is 0 Å². The Morgan fingerprint density at radius 1 is 0.972 bits per heavy atom. The van der Waals surface area contributed by atoms with Gasteiger partial charge in [-0.3, -0.25) is 4.79 Å². The minimum Gasteiger partial charge on any atom is -0.492 e. The van der Waals surface area contributed by atoms with Crippen molar-refractivity contribution in [3.63, 3.8) is 0 Å². The fourth-order valence-corrected chi connectivity index (χ4v) is 5.36. The summed E-state index contributed by atoms with van der Waals surface area (Å²) in [6, 6.07) is 11.1. The first-order chi connectivity index (χ1) is 16.8. The van der Waals surface area contributed by atoms with Crippen molar-refractivity contribution >= 4 is 50.6 Å². The number of rotatable bonds is 13. The van der Waals surface area contributed by atoms with Gasteiger partial charge in [-0.05, 0) is 35.4 Å². The molecule has 0 unspecified atom stereocenters. The Morgan fingerprint density at radius 2 is 1.47 bits per heavy atom. The quantitative estimate of drug-likeness (QED) is 0.204. The molecule has 0 spiro atoms. The van der Waals surface area contributed by atoms with E-state index in [2.05, 4.69) is 0 Å². The highest BCUT2D eigenvalue weighted by atomic mass is 35.5. The second-order valence-electron chi connectivity index (χ2n) is 9.23. The number of carbonyl (C=O) groups is 1. The Hall–Kier alpha value is -1.67. The summed E-state index contributed by atoms with van der Waals surface area (Å²) < 4.78 is 40.2. The maximum atomic E-state index is 11.8. The molecule has 0 saturated carbocycles. The topological polar surface area (TPSA) is 78.9 Å². The highest BCUT2D eigenvalue weighted by Gasteiger charge is 2.26. The summed E-state index contributed by atoms with van der Waals surface area (Å²) >= 11 is 18.8. The van der Waals surface area contributed by atoms with Gasteiger partial charge in [-0.25, -0.2) is 8.42 Å². The summed E-state index contributed by atoms with van der Waals surface area (Å²) in [5.74, 6) is 0.670. The second-order valence-corrected chi connectivity index (χ2v) is 12.7. The molecule has 2 rings (SSSR count). The summed E-state index contributed by atoms with van der Waals surface area (Å²) in [4.78, 5) is 11.2. The predicted octanol–water partition coefficient (Wildman–Crippen LogP) is 6.32. The van der Waals surface area contributed by atoms with E-state index >= 15 is 0 Å². The van der Waals surface area contributed by atoms with E-state index in [-0.39, 0.29) is 36.5 Å². The van der Waals surface area contributed by atoms with E-state index < -0.39 is 27.3 Å². The Morgan fingerprint density at radius 3 is 1.89 bits per heavy atom. The molecule has 10 heteroatoms. The largest absolute Gasteiger partial charge is 0.492 e. The number of hydrogen-bond donors (Lipinski definition) is 0. The van der Waals surface area contributed by atoms with Crippen LogP contribution in [0.3, 0.4) is 0 Å². The van der Waals surface area contributed by atoms with Crippen LogP contribution >= 0.6 is 34.8 Å². The van der Waals surface area contributed by atoms with Gasteiger partial charge in [0.1, 0.15) is 34.0 Å². The molecule has 2 aromatic rings. The Bertz CT molecular complexity index is 1150. The number of ether oxygens (including phenoxy) is 3. The number of hydrogen-bond acceptors (Lipinski definition) is 6. The highest BCUT2D eigenvalue weighted by molar-refractivity contribution is 7.91. The van der Waals surface area contributed by atoms with E-state index in [9.17, 15) is 13.2 Å². The molecule has 0 aliphatic carbocycles.